The van der Waals surface area contributed by atoms with E-state index in [1.54, 1.807) is 11.3 Å². The summed E-state index contributed by atoms with van der Waals surface area (Å²) in [4.78, 5) is 10.3. The molecule has 0 atom stereocenters. The van der Waals surface area contributed by atoms with E-state index in [0.29, 0.717) is 6.10 Å². The molecule has 5 nitrogen and oxygen atoms in total. The Hall–Kier alpha value is -1.14. The van der Waals surface area contributed by atoms with E-state index in [2.05, 4.69) is 34.5 Å². The van der Waals surface area contributed by atoms with Gasteiger partial charge in [0.1, 0.15) is 0 Å². The van der Waals surface area contributed by atoms with E-state index in [-0.39, 0.29) is 0 Å². The van der Waals surface area contributed by atoms with Crippen LogP contribution in [0.15, 0.2) is 11.2 Å². The van der Waals surface area contributed by atoms with Gasteiger partial charge in [0, 0.05) is 43.7 Å². The van der Waals surface area contributed by atoms with Gasteiger partial charge < -0.3 is 15.4 Å². The minimum Gasteiger partial charge on any atom is -0.378 e. The van der Waals surface area contributed by atoms with Crippen molar-refractivity contribution in [3.05, 3.63) is 16.1 Å². The molecule has 1 aliphatic rings. The molecule has 2 rings (SSSR count). The fourth-order valence-electron chi connectivity index (χ4n) is 2.88. The molecule has 2 N–H and O–H groups in total. The zero-order chi connectivity index (χ0) is 17.0. The summed E-state index contributed by atoms with van der Waals surface area (Å²) >= 11 is 1.76. The van der Waals surface area contributed by atoms with Gasteiger partial charge in [-0.2, -0.15) is 0 Å². The summed E-state index contributed by atoms with van der Waals surface area (Å²) in [5.74, 6) is 0.892. The van der Waals surface area contributed by atoms with Crippen molar-refractivity contribution in [2.24, 2.45) is 4.99 Å². The van der Waals surface area contributed by atoms with E-state index in [1.807, 2.05) is 6.20 Å². The lowest BCUT2D eigenvalue weighted by Gasteiger charge is -2.21. The number of guanidine groups is 1. The molecule has 24 heavy (non-hydrogen) atoms. The molecule has 136 valence electrons. The number of rotatable bonds is 9. The summed E-state index contributed by atoms with van der Waals surface area (Å²) < 4.78 is 5.95. The number of hydrogen-bond acceptors (Lipinski definition) is 4. The highest BCUT2D eigenvalue weighted by atomic mass is 32.1. The lowest BCUT2D eigenvalue weighted by molar-refractivity contribution is 0.0281. The van der Waals surface area contributed by atoms with Gasteiger partial charge in [0.05, 0.1) is 11.1 Å². The van der Waals surface area contributed by atoms with Gasteiger partial charge in [-0.1, -0.05) is 19.3 Å². The summed E-state index contributed by atoms with van der Waals surface area (Å²) in [6, 6.07) is 0. The Bertz CT molecular complexity index is 483. The van der Waals surface area contributed by atoms with E-state index in [9.17, 15) is 0 Å². The quantitative estimate of drug-likeness (QED) is 0.407. The predicted octanol–water partition coefficient (Wildman–Crippen LogP) is 3.29. The molecule has 1 fully saturated rings. The second-order valence-electron chi connectivity index (χ2n) is 6.29. The maximum atomic E-state index is 5.95. The number of aliphatic imine (C=N–C) groups is 1. The number of hydrogen-bond donors (Lipinski definition) is 2. The molecule has 1 aromatic rings. The van der Waals surface area contributed by atoms with Crippen LogP contribution < -0.4 is 10.6 Å². The topological polar surface area (TPSA) is 58.5 Å². The van der Waals surface area contributed by atoms with Crippen molar-refractivity contribution in [3.8, 4) is 0 Å². The molecule has 0 spiro atoms. The molecule has 1 heterocycles. The first-order chi connectivity index (χ1) is 11.8. The molecule has 0 unspecified atom stereocenters. The predicted molar refractivity (Wildman–Crippen MR) is 102 cm³/mol. The van der Waals surface area contributed by atoms with Gasteiger partial charge in [-0.05, 0) is 33.1 Å². The average molecular weight is 353 g/mol. The van der Waals surface area contributed by atoms with Crippen molar-refractivity contribution in [1.82, 2.24) is 15.6 Å². The zero-order valence-corrected chi connectivity index (χ0v) is 16.0. The number of thiazole rings is 1. The molecule has 1 aliphatic carbocycles. The SMILES string of the molecule is CCNC(=NCCCOC1CCCCC1)NCCc1ncc(C)s1. The summed E-state index contributed by atoms with van der Waals surface area (Å²) in [5, 5.41) is 7.86. The molecule has 0 radical (unpaired) electrons. The first-order valence-electron chi connectivity index (χ1n) is 9.33. The second-order valence-corrected chi connectivity index (χ2v) is 7.61. The first-order valence-corrected chi connectivity index (χ1v) is 10.1. The molecule has 0 aromatic carbocycles. The summed E-state index contributed by atoms with van der Waals surface area (Å²) in [6.07, 6.45) is 10.9. The van der Waals surface area contributed by atoms with Crippen LogP contribution in [0.4, 0.5) is 0 Å². The van der Waals surface area contributed by atoms with Gasteiger partial charge in [-0.15, -0.1) is 11.3 Å². The summed E-state index contributed by atoms with van der Waals surface area (Å²) in [5.41, 5.74) is 0. The minimum absolute atomic E-state index is 0.496. The third-order valence-corrected chi connectivity index (χ3v) is 5.10. The molecule has 1 aromatic heterocycles. The molecule has 1 saturated carbocycles. The maximum absolute atomic E-state index is 5.95. The third-order valence-electron chi connectivity index (χ3n) is 4.12. The number of ether oxygens (including phenoxy) is 1. The van der Waals surface area contributed by atoms with Crippen LogP contribution in [-0.2, 0) is 11.2 Å². The van der Waals surface area contributed by atoms with Crippen LogP contribution in [0.1, 0.15) is 55.3 Å². The fourth-order valence-corrected chi connectivity index (χ4v) is 3.67. The fraction of sp³-hybridized carbons (Fsp3) is 0.778. The van der Waals surface area contributed by atoms with Gasteiger partial charge in [-0.25, -0.2) is 4.98 Å². The maximum Gasteiger partial charge on any atom is 0.191 e. The van der Waals surface area contributed by atoms with Crippen molar-refractivity contribution in [2.45, 2.75) is 64.9 Å². The Kier molecular flexibility index (Phi) is 9.13. The van der Waals surface area contributed by atoms with E-state index in [0.717, 1.165) is 45.0 Å². The highest BCUT2D eigenvalue weighted by Gasteiger charge is 2.12. The number of aryl methyl sites for hydroxylation is 1. The van der Waals surface area contributed by atoms with Crippen molar-refractivity contribution in [1.29, 1.82) is 0 Å². The minimum atomic E-state index is 0.496. The third kappa shape index (κ3) is 7.62. The van der Waals surface area contributed by atoms with Crippen LogP contribution in [0.2, 0.25) is 0 Å². The van der Waals surface area contributed by atoms with Gasteiger partial charge in [-0.3, -0.25) is 4.99 Å². The normalized spacial score (nSPS) is 16.3. The Morgan fingerprint density at radius 1 is 1.33 bits per heavy atom. The molecular weight excluding hydrogens is 320 g/mol. The Morgan fingerprint density at radius 2 is 2.17 bits per heavy atom. The van der Waals surface area contributed by atoms with Crippen molar-refractivity contribution < 1.29 is 4.74 Å². The lowest BCUT2D eigenvalue weighted by Crippen LogP contribution is -2.38. The van der Waals surface area contributed by atoms with Crippen LogP contribution in [0.25, 0.3) is 0 Å². The summed E-state index contributed by atoms with van der Waals surface area (Å²) in [7, 11) is 0. The standard InChI is InChI=1S/C18H32N4OS/c1-3-19-18(21-12-10-17-22-14-15(2)24-17)20-11-7-13-23-16-8-5-4-6-9-16/h14,16H,3-13H2,1-2H3,(H2,19,20,21). The van der Waals surface area contributed by atoms with E-state index < -0.39 is 0 Å². The van der Waals surface area contributed by atoms with Crippen LogP contribution in [0, 0.1) is 6.92 Å². The largest absolute Gasteiger partial charge is 0.378 e. The van der Waals surface area contributed by atoms with Crippen molar-refractivity contribution >= 4 is 17.3 Å². The van der Waals surface area contributed by atoms with Crippen LogP contribution >= 0.6 is 11.3 Å². The van der Waals surface area contributed by atoms with Crippen molar-refractivity contribution in [2.75, 3.05) is 26.2 Å². The monoisotopic (exact) mass is 352 g/mol. The van der Waals surface area contributed by atoms with Crippen molar-refractivity contribution in [3.63, 3.8) is 0 Å². The molecule has 6 heteroatoms. The Balaban J connectivity index is 1.60. The number of nitrogens with one attached hydrogen (secondary N) is 2. The lowest BCUT2D eigenvalue weighted by atomic mass is 9.98. The Morgan fingerprint density at radius 3 is 2.88 bits per heavy atom. The average Bonchev–Trinajstić information content (AvgIpc) is 3.01. The van der Waals surface area contributed by atoms with E-state index in [1.165, 1.54) is 42.0 Å². The molecule has 0 bridgehead atoms. The van der Waals surface area contributed by atoms with Gasteiger partial charge in [0.2, 0.25) is 0 Å². The Labute approximate surface area is 150 Å². The van der Waals surface area contributed by atoms with E-state index >= 15 is 0 Å². The van der Waals surface area contributed by atoms with E-state index in [4.69, 9.17) is 4.74 Å². The van der Waals surface area contributed by atoms with Gasteiger partial charge in [0.15, 0.2) is 5.96 Å². The number of aromatic nitrogens is 1. The molecular formula is C18H32N4OS. The van der Waals surface area contributed by atoms with Crippen LogP contribution in [0.3, 0.4) is 0 Å². The van der Waals surface area contributed by atoms with Crippen LogP contribution in [0.5, 0.6) is 0 Å². The molecule has 0 aliphatic heterocycles. The zero-order valence-electron chi connectivity index (χ0n) is 15.1. The molecule has 0 amide bonds. The second kappa shape index (κ2) is 11.4. The summed E-state index contributed by atoms with van der Waals surface area (Å²) in [6.45, 7) is 7.55. The highest BCUT2D eigenvalue weighted by molar-refractivity contribution is 7.11. The van der Waals surface area contributed by atoms with Gasteiger partial charge in [0.25, 0.3) is 0 Å². The highest BCUT2D eigenvalue weighted by Crippen LogP contribution is 2.20. The first kappa shape index (κ1) is 19.2. The smallest absolute Gasteiger partial charge is 0.191 e. The number of nitrogens with zero attached hydrogens (tertiary/aromatic N) is 2. The van der Waals surface area contributed by atoms with Crippen LogP contribution in [-0.4, -0.2) is 43.3 Å². The molecule has 0 saturated heterocycles. The van der Waals surface area contributed by atoms with Gasteiger partial charge >= 0.3 is 0 Å².